The molecule has 0 unspecified atom stereocenters. The average molecular weight is 340 g/mol. The third-order valence-corrected chi connectivity index (χ3v) is 3.08. The van der Waals surface area contributed by atoms with Gasteiger partial charge in [0.1, 0.15) is 12.9 Å². The first kappa shape index (κ1) is 17.8. The molecule has 2 N–H and O–H groups in total. The molecule has 0 atom stereocenters. The van der Waals surface area contributed by atoms with Crippen LogP contribution < -0.4 is 10.6 Å². The number of rotatable bonds is 6. The molecule has 2 aromatic rings. The molecule has 0 spiro atoms. The highest BCUT2D eigenvalue weighted by molar-refractivity contribution is 5.79. The van der Waals surface area contributed by atoms with Crippen LogP contribution in [0.25, 0.3) is 5.69 Å². The van der Waals surface area contributed by atoms with Gasteiger partial charge in [-0.05, 0) is 19.1 Å². The van der Waals surface area contributed by atoms with Crippen LogP contribution in [0.15, 0.2) is 41.7 Å². The minimum atomic E-state index is -4.20. The van der Waals surface area contributed by atoms with Crippen molar-refractivity contribution in [2.75, 3.05) is 13.1 Å². The Bertz CT molecular complexity index is 651. The van der Waals surface area contributed by atoms with E-state index in [1.54, 1.807) is 10.9 Å². The second-order valence-electron chi connectivity index (χ2n) is 4.94. The van der Waals surface area contributed by atoms with Crippen molar-refractivity contribution in [3.63, 3.8) is 0 Å². The van der Waals surface area contributed by atoms with Gasteiger partial charge in [-0.3, -0.25) is 4.57 Å². The molecule has 6 nitrogen and oxygen atoms in total. The number of aromatic nitrogens is 3. The van der Waals surface area contributed by atoms with Crippen molar-refractivity contribution in [1.82, 2.24) is 25.4 Å². The SMILES string of the molecule is CCNC(=NCc1nncn1-c1ccccc1)NCCC(F)(F)F. The van der Waals surface area contributed by atoms with E-state index in [2.05, 4.69) is 25.8 Å². The van der Waals surface area contributed by atoms with Gasteiger partial charge in [-0.15, -0.1) is 10.2 Å². The monoisotopic (exact) mass is 340 g/mol. The van der Waals surface area contributed by atoms with E-state index in [0.29, 0.717) is 18.3 Å². The summed E-state index contributed by atoms with van der Waals surface area (Å²) in [4.78, 5) is 4.27. The number of nitrogens with one attached hydrogen (secondary N) is 2. The number of benzene rings is 1. The van der Waals surface area contributed by atoms with Gasteiger partial charge < -0.3 is 10.6 Å². The van der Waals surface area contributed by atoms with Gasteiger partial charge in [0.2, 0.25) is 0 Å². The third kappa shape index (κ3) is 5.56. The molecule has 24 heavy (non-hydrogen) atoms. The van der Waals surface area contributed by atoms with Gasteiger partial charge in [0.05, 0.1) is 6.42 Å². The number of nitrogens with zero attached hydrogens (tertiary/aromatic N) is 4. The summed E-state index contributed by atoms with van der Waals surface area (Å²) in [5.74, 6) is 0.901. The minimum absolute atomic E-state index is 0.191. The maximum Gasteiger partial charge on any atom is 0.390 e. The number of para-hydroxylation sites is 1. The molecule has 0 saturated heterocycles. The van der Waals surface area contributed by atoms with Gasteiger partial charge in [-0.1, -0.05) is 18.2 Å². The van der Waals surface area contributed by atoms with E-state index in [1.165, 1.54) is 0 Å². The van der Waals surface area contributed by atoms with Crippen LogP contribution in [0.2, 0.25) is 0 Å². The second kappa shape index (κ2) is 8.32. The number of aliphatic imine (C=N–C) groups is 1. The van der Waals surface area contributed by atoms with Crippen LogP contribution in [0.3, 0.4) is 0 Å². The molecule has 1 aromatic heterocycles. The Balaban J connectivity index is 2.03. The average Bonchev–Trinajstić information content (AvgIpc) is 3.01. The fourth-order valence-corrected chi connectivity index (χ4v) is 1.99. The van der Waals surface area contributed by atoms with E-state index in [9.17, 15) is 13.2 Å². The Kier molecular flexibility index (Phi) is 6.16. The highest BCUT2D eigenvalue weighted by atomic mass is 19.4. The molecule has 1 heterocycles. The molecule has 0 amide bonds. The van der Waals surface area contributed by atoms with Crippen LogP contribution in [0.4, 0.5) is 13.2 Å². The van der Waals surface area contributed by atoms with Crippen molar-refractivity contribution < 1.29 is 13.2 Å². The smallest absolute Gasteiger partial charge is 0.357 e. The molecule has 2 rings (SSSR count). The van der Waals surface area contributed by atoms with Crippen molar-refractivity contribution in [3.8, 4) is 5.69 Å². The molecule has 130 valence electrons. The van der Waals surface area contributed by atoms with Gasteiger partial charge in [-0.2, -0.15) is 13.2 Å². The number of halogens is 3. The van der Waals surface area contributed by atoms with E-state index in [0.717, 1.165) is 5.69 Å². The first-order chi connectivity index (χ1) is 11.5. The summed E-state index contributed by atoms with van der Waals surface area (Å²) in [6.45, 7) is 2.34. The maximum absolute atomic E-state index is 12.2. The Labute approximate surface area is 137 Å². The first-order valence-corrected chi connectivity index (χ1v) is 7.53. The fourth-order valence-electron chi connectivity index (χ4n) is 1.99. The molecule has 0 bridgehead atoms. The summed E-state index contributed by atoms with van der Waals surface area (Å²) < 4.78 is 38.4. The largest absolute Gasteiger partial charge is 0.390 e. The van der Waals surface area contributed by atoms with Gasteiger partial charge in [0.25, 0.3) is 0 Å². The maximum atomic E-state index is 12.2. The Morgan fingerprint density at radius 2 is 1.96 bits per heavy atom. The van der Waals surface area contributed by atoms with Crippen LogP contribution in [-0.4, -0.2) is 40.0 Å². The lowest BCUT2D eigenvalue weighted by Crippen LogP contribution is -2.39. The second-order valence-corrected chi connectivity index (χ2v) is 4.94. The standard InChI is InChI=1S/C15H19F3N6/c1-2-19-14(20-9-8-15(16,17)18)21-10-13-23-22-11-24(13)12-6-4-3-5-7-12/h3-7,11H,2,8-10H2,1H3,(H2,19,20,21). The highest BCUT2D eigenvalue weighted by Crippen LogP contribution is 2.18. The van der Waals surface area contributed by atoms with Gasteiger partial charge in [0.15, 0.2) is 11.8 Å². The minimum Gasteiger partial charge on any atom is -0.357 e. The summed E-state index contributed by atoms with van der Waals surface area (Å²) in [7, 11) is 0. The molecule has 9 heteroatoms. The molecular weight excluding hydrogens is 321 g/mol. The molecule has 0 radical (unpaired) electrons. The predicted molar refractivity (Wildman–Crippen MR) is 84.8 cm³/mol. The Morgan fingerprint density at radius 1 is 1.21 bits per heavy atom. The number of alkyl halides is 3. The molecular formula is C15H19F3N6. The van der Waals surface area contributed by atoms with Crippen LogP contribution in [0, 0.1) is 0 Å². The van der Waals surface area contributed by atoms with Gasteiger partial charge >= 0.3 is 6.18 Å². The normalized spacial score (nSPS) is 12.2. The molecule has 1 aromatic carbocycles. The third-order valence-electron chi connectivity index (χ3n) is 3.08. The zero-order valence-corrected chi connectivity index (χ0v) is 13.2. The molecule has 0 saturated carbocycles. The lowest BCUT2D eigenvalue weighted by molar-refractivity contribution is -0.132. The highest BCUT2D eigenvalue weighted by Gasteiger charge is 2.26. The topological polar surface area (TPSA) is 67.1 Å². The molecule has 0 aliphatic rings. The number of hydrogen-bond acceptors (Lipinski definition) is 3. The first-order valence-electron chi connectivity index (χ1n) is 7.53. The van der Waals surface area contributed by atoms with E-state index in [4.69, 9.17) is 0 Å². The van der Waals surface area contributed by atoms with E-state index < -0.39 is 12.6 Å². The summed E-state index contributed by atoms with van der Waals surface area (Å²) in [5, 5.41) is 13.5. The van der Waals surface area contributed by atoms with E-state index in [-0.39, 0.29) is 13.1 Å². The van der Waals surface area contributed by atoms with Crippen molar-refractivity contribution in [1.29, 1.82) is 0 Å². The van der Waals surface area contributed by atoms with Crippen molar-refractivity contribution in [3.05, 3.63) is 42.5 Å². The fraction of sp³-hybridized carbons (Fsp3) is 0.400. The summed E-state index contributed by atoms with van der Waals surface area (Å²) in [6, 6.07) is 9.50. The predicted octanol–water partition coefficient (Wildman–Crippen LogP) is 2.27. The number of guanidine groups is 1. The lowest BCUT2D eigenvalue weighted by atomic mass is 10.3. The summed E-state index contributed by atoms with van der Waals surface area (Å²) >= 11 is 0. The van der Waals surface area contributed by atoms with Crippen molar-refractivity contribution >= 4 is 5.96 Å². The summed E-state index contributed by atoms with van der Waals surface area (Å²) in [5.41, 5.74) is 0.891. The van der Waals surface area contributed by atoms with Crippen LogP contribution in [-0.2, 0) is 6.54 Å². The molecule has 0 aliphatic heterocycles. The van der Waals surface area contributed by atoms with Gasteiger partial charge in [0, 0.05) is 18.8 Å². The Hall–Kier alpha value is -2.58. The molecule has 0 fully saturated rings. The van der Waals surface area contributed by atoms with Crippen molar-refractivity contribution in [2.24, 2.45) is 4.99 Å². The van der Waals surface area contributed by atoms with Gasteiger partial charge in [-0.25, -0.2) is 4.99 Å². The Morgan fingerprint density at radius 3 is 2.62 bits per heavy atom. The van der Waals surface area contributed by atoms with Crippen LogP contribution >= 0.6 is 0 Å². The van der Waals surface area contributed by atoms with Crippen LogP contribution in [0.5, 0.6) is 0 Å². The quantitative estimate of drug-likeness (QED) is 0.625. The van der Waals surface area contributed by atoms with E-state index in [1.807, 2.05) is 37.3 Å². The zero-order chi connectivity index (χ0) is 17.4. The zero-order valence-electron chi connectivity index (χ0n) is 13.2. The number of hydrogen-bond donors (Lipinski definition) is 2. The summed E-state index contributed by atoms with van der Waals surface area (Å²) in [6.07, 6.45) is -3.54. The van der Waals surface area contributed by atoms with Crippen LogP contribution in [0.1, 0.15) is 19.2 Å². The molecule has 0 aliphatic carbocycles. The lowest BCUT2D eigenvalue weighted by Gasteiger charge is -2.12. The van der Waals surface area contributed by atoms with Crippen molar-refractivity contribution in [2.45, 2.75) is 26.1 Å². The van der Waals surface area contributed by atoms with E-state index >= 15 is 0 Å².